The third kappa shape index (κ3) is 4.11. The van der Waals surface area contributed by atoms with Gasteiger partial charge < -0.3 is 9.47 Å². The van der Waals surface area contributed by atoms with Gasteiger partial charge in [-0.25, -0.2) is 0 Å². The van der Waals surface area contributed by atoms with Gasteiger partial charge in [-0.05, 0) is 32.7 Å². The number of nitrogens with zero attached hydrogens (tertiary/aromatic N) is 3. The molecule has 1 N–H and O–H groups in total. The van der Waals surface area contributed by atoms with Gasteiger partial charge in [0.1, 0.15) is 11.6 Å². The maximum Gasteiger partial charge on any atom is 0.324 e. The van der Waals surface area contributed by atoms with Crippen molar-refractivity contribution in [2.24, 2.45) is 11.0 Å². The summed E-state index contributed by atoms with van der Waals surface area (Å²) in [7, 11) is 1.25. The lowest BCUT2D eigenvalue weighted by Gasteiger charge is -2.24. The Hall–Kier alpha value is -1.79. The van der Waals surface area contributed by atoms with Crippen LogP contribution in [0.1, 0.15) is 27.2 Å². The average molecular weight is 270 g/mol. The summed E-state index contributed by atoms with van der Waals surface area (Å²) in [6.07, 6.45) is -0.410. The van der Waals surface area contributed by atoms with Gasteiger partial charge in [-0.3, -0.25) is 14.9 Å². The van der Waals surface area contributed by atoms with Gasteiger partial charge in [-0.15, -0.1) is 0 Å². The number of carbonyl (C=O) groups excluding carboxylic acids is 2. The quantitative estimate of drug-likeness (QED) is 0.357. The minimum absolute atomic E-state index is 0.209. The minimum Gasteiger partial charge on any atom is -0.469 e. The SMILES string of the molecule is COC(=O)C1CC(N=[N+]=[N-])NC1C(=O)OC(C)(C)C. The van der Waals surface area contributed by atoms with Crippen LogP contribution in [0.25, 0.3) is 10.4 Å². The smallest absolute Gasteiger partial charge is 0.324 e. The second kappa shape index (κ2) is 5.90. The maximum absolute atomic E-state index is 12.0. The Bertz CT molecular complexity index is 411. The van der Waals surface area contributed by atoms with E-state index in [9.17, 15) is 9.59 Å². The number of methoxy groups -OCH3 is 1. The van der Waals surface area contributed by atoms with E-state index in [1.165, 1.54) is 7.11 Å². The Morgan fingerprint density at radius 2 is 2.00 bits per heavy atom. The zero-order valence-electron chi connectivity index (χ0n) is 11.4. The number of esters is 2. The van der Waals surface area contributed by atoms with Gasteiger partial charge in [0.25, 0.3) is 0 Å². The Kier molecular flexibility index (Phi) is 4.74. The third-order valence-electron chi connectivity index (χ3n) is 2.61. The number of nitrogens with one attached hydrogen (secondary N) is 1. The van der Waals surface area contributed by atoms with E-state index in [1.807, 2.05) is 0 Å². The number of hydrogen-bond donors (Lipinski definition) is 1. The van der Waals surface area contributed by atoms with Crippen LogP contribution in [-0.2, 0) is 19.1 Å². The maximum atomic E-state index is 12.0. The van der Waals surface area contributed by atoms with Gasteiger partial charge in [0, 0.05) is 4.91 Å². The standard InChI is InChI=1S/C11H18N4O4/c1-11(2,3)19-10(17)8-6(9(16)18-4)5-7(13-8)14-15-12/h6-8,13H,5H2,1-4H3. The van der Waals surface area contributed by atoms with E-state index in [2.05, 4.69) is 20.1 Å². The van der Waals surface area contributed by atoms with Gasteiger partial charge in [-0.2, -0.15) is 0 Å². The second-order valence-electron chi connectivity index (χ2n) is 5.26. The number of hydrogen-bond acceptors (Lipinski definition) is 6. The fraction of sp³-hybridized carbons (Fsp3) is 0.818. The molecule has 0 aromatic rings. The molecular weight excluding hydrogens is 252 g/mol. The summed E-state index contributed by atoms with van der Waals surface area (Å²) < 4.78 is 9.88. The summed E-state index contributed by atoms with van der Waals surface area (Å²) in [4.78, 5) is 26.3. The first-order valence-electron chi connectivity index (χ1n) is 5.89. The monoisotopic (exact) mass is 270 g/mol. The molecule has 3 atom stereocenters. The lowest BCUT2D eigenvalue weighted by atomic mass is 10.0. The fourth-order valence-electron chi connectivity index (χ4n) is 1.89. The van der Waals surface area contributed by atoms with E-state index in [4.69, 9.17) is 10.3 Å². The summed E-state index contributed by atoms with van der Waals surface area (Å²) in [6.45, 7) is 5.20. The number of ether oxygens (including phenoxy) is 2. The molecule has 0 spiro atoms. The van der Waals surface area contributed by atoms with E-state index < -0.39 is 35.7 Å². The lowest BCUT2D eigenvalue weighted by molar-refractivity contribution is -0.162. The summed E-state index contributed by atoms with van der Waals surface area (Å²) in [6, 6.07) is -0.859. The zero-order valence-corrected chi connectivity index (χ0v) is 11.4. The topological polar surface area (TPSA) is 113 Å². The van der Waals surface area contributed by atoms with E-state index >= 15 is 0 Å². The molecule has 0 aromatic carbocycles. The molecule has 1 heterocycles. The fourth-order valence-corrected chi connectivity index (χ4v) is 1.89. The zero-order chi connectivity index (χ0) is 14.6. The first-order valence-corrected chi connectivity index (χ1v) is 5.89. The highest BCUT2D eigenvalue weighted by molar-refractivity contribution is 5.85. The van der Waals surface area contributed by atoms with E-state index in [0.29, 0.717) is 0 Å². The number of rotatable bonds is 3. The van der Waals surface area contributed by atoms with Crippen molar-refractivity contribution >= 4 is 11.9 Å². The molecule has 1 rings (SSSR count). The van der Waals surface area contributed by atoms with Crippen LogP contribution in [-0.4, -0.2) is 36.9 Å². The van der Waals surface area contributed by atoms with Gasteiger partial charge in [0.2, 0.25) is 0 Å². The molecule has 0 amide bonds. The molecule has 8 nitrogen and oxygen atoms in total. The minimum atomic E-state index is -0.859. The van der Waals surface area contributed by atoms with Crippen LogP contribution < -0.4 is 5.32 Å². The van der Waals surface area contributed by atoms with Crippen LogP contribution in [0.3, 0.4) is 0 Å². The van der Waals surface area contributed by atoms with Gasteiger partial charge in [0.05, 0.1) is 19.2 Å². The van der Waals surface area contributed by atoms with Crippen molar-refractivity contribution in [1.29, 1.82) is 0 Å². The summed E-state index contributed by atoms with van der Waals surface area (Å²) in [5.41, 5.74) is 7.75. The first kappa shape index (κ1) is 15.3. The van der Waals surface area contributed by atoms with Crippen molar-refractivity contribution in [1.82, 2.24) is 5.32 Å². The van der Waals surface area contributed by atoms with Crippen LogP contribution >= 0.6 is 0 Å². The Balaban J connectivity index is 2.85. The van der Waals surface area contributed by atoms with Gasteiger partial charge >= 0.3 is 11.9 Å². The van der Waals surface area contributed by atoms with Crippen molar-refractivity contribution < 1.29 is 19.1 Å². The van der Waals surface area contributed by atoms with Crippen LogP contribution in [0, 0.1) is 5.92 Å². The molecule has 0 aromatic heterocycles. The Morgan fingerprint density at radius 1 is 1.37 bits per heavy atom. The van der Waals surface area contributed by atoms with Crippen LogP contribution in [0.5, 0.6) is 0 Å². The van der Waals surface area contributed by atoms with E-state index in [1.54, 1.807) is 20.8 Å². The molecule has 1 fully saturated rings. The molecular formula is C11H18N4O4. The normalized spacial score (nSPS) is 26.4. The summed E-state index contributed by atoms with van der Waals surface area (Å²) >= 11 is 0. The molecule has 0 bridgehead atoms. The third-order valence-corrected chi connectivity index (χ3v) is 2.61. The highest BCUT2D eigenvalue weighted by Gasteiger charge is 2.44. The molecule has 1 aliphatic heterocycles. The Labute approximate surface area is 111 Å². The largest absolute Gasteiger partial charge is 0.469 e. The highest BCUT2D eigenvalue weighted by atomic mass is 16.6. The lowest BCUT2D eigenvalue weighted by Crippen LogP contribution is -2.44. The molecule has 0 saturated carbocycles. The van der Waals surface area contributed by atoms with Crippen molar-refractivity contribution in [3.8, 4) is 0 Å². The van der Waals surface area contributed by atoms with Crippen molar-refractivity contribution in [3.05, 3.63) is 10.4 Å². The summed E-state index contributed by atoms with van der Waals surface area (Å²) in [5, 5.41) is 6.26. The molecule has 1 aliphatic rings. The molecule has 8 heteroatoms. The molecule has 106 valence electrons. The second-order valence-corrected chi connectivity index (χ2v) is 5.26. The Morgan fingerprint density at radius 3 is 2.47 bits per heavy atom. The van der Waals surface area contributed by atoms with Gasteiger partial charge in [0.15, 0.2) is 0 Å². The van der Waals surface area contributed by atoms with Crippen molar-refractivity contribution in [2.45, 2.75) is 45.0 Å². The van der Waals surface area contributed by atoms with Crippen LogP contribution in [0.15, 0.2) is 5.11 Å². The summed E-state index contributed by atoms with van der Waals surface area (Å²) in [5.74, 6) is -1.80. The van der Waals surface area contributed by atoms with Crippen molar-refractivity contribution in [3.63, 3.8) is 0 Å². The first-order chi connectivity index (χ1) is 8.78. The average Bonchev–Trinajstić information content (AvgIpc) is 2.70. The van der Waals surface area contributed by atoms with E-state index in [0.717, 1.165) is 0 Å². The van der Waals surface area contributed by atoms with Crippen LogP contribution in [0.4, 0.5) is 0 Å². The molecule has 1 saturated heterocycles. The molecule has 3 unspecified atom stereocenters. The van der Waals surface area contributed by atoms with Gasteiger partial charge in [-0.1, -0.05) is 5.11 Å². The van der Waals surface area contributed by atoms with E-state index in [-0.39, 0.29) is 6.42 Å². The molecule has 0 radical (unpaired) electrons. The molecule has 0 aliphatic carbocycles. The highest BCUT2D eigenvalue weighted by Crippen LogP contribution is 2.25. The van der Waals surface area contributed by atoms with Crippen molar-refractivity contribution in [2.75, 3.05) is 7.11 Å². The predicted molar refractivity (Wildman–Crippen MR) is 65.8 cm³/mol. The van der Waals surface area contributed by atoms with Crippen LogP contribution in [0.2, 0.25) is 0 Å². The number of azide groups is 1. The molecule has 19 heavy (non-hydrogen) atoms. The predicted octanol–water partition coefficient (Wildman–Crippen LogP) is 1.12. The number of carbonyl (C=O) groups is 2.